The van der Waals surface area contributed by atoms with Crippen LogP contribution in [0.15, 0.2) is 35.4 Å². The summed E-state index contributed by atoms with van der Waals surface area (Å²) in [6.45, 7) is 0.572. The predicted molar refractivity (Wildman–Crippen MR) is 67.2 cm³/mol. The van der Waals surface area contributed by atoms with E-state index in [0.29, 0.717) is 6.54 Å². The molecule has 1 aromatic carbocycles. The number of hydrogen-bond acceptors (Lipinski definition) is 3. The number of azide groups is 1. The zero-order valence-electron chi connectivity index (χ0n) is 9.35. The normalized spacial score (nSPS) is 22.9. The molecule has 88 valence electrons. The number of amides is 1. The Morgan fingerprint density at radius 1 is 1.47 bits per heavy atom. The lowest BCUT2D eigenvalue weighted by Crippen LogP contribution is -2.61. The fourth-order valence-corrected chi connectivity index (χ4v) is 2.73. The summed E-state index contributed by atoms with van der Waals surface area (Å²) in [6, 6.07) is 9.24. The molecule has 1 saturated heterocycles. The fraction of sp³-hybridized carbons (Fsp3) is 0.364. The van der Waals surface area contributed by atoms with Gasteiger partial charge in [0.2, 0.25) is 5.91 Å². The van der Waals surface area contributed by atoms with Gasteiger partial charge in [-0.2, -0.15) is 0 Å². The molecule has 5 nitrogen and oxygen atoms in total. The van der Waals surface area contributed by atoms with Crippen LogP contribution in [0.1, 0.15) is 5.56 Å². The van der Waals surface area contributed by atoms with E-state index in [9.17, 15) is 4.79 Å². The number of β-lactam (4-membered cyclic amide) rings is 1. The van der Waals surface area contributed by atoms with E-state index in [0.717, 1.165) is 5.56 Å². The molecule has 2 rings (SSSR count). The average Bonchev–Trinajstić information content (AvgIpc) is 2.38. The van der Waals surface area contributed by atoms with Gasteiger partial charge < -0.3 is 4.90 Å². The van der Waals surface area contributed by atoms with Gasteiger partial charge in [0, 0.05) is 11.5 Å². The Bertz CT molecular complexity index is 458. The molecule has 1 amide bonds. The summed E-state index contributed by atoms with van der Waals surface area (Å²) in [7, 11) is 0. The molecule has 0 aromatic heterocycles. The van der Waals surface area contributed by atoms with Crippen molar-refractivity contribution >= 4 is 17.7 Å². The van der Waals surface area contributed by atoms with Gasteiger partial charge in [-0.1, -0.05) is 35.4 Å². The molecule has 1 aromatic rings. The van der Waals surface area contributed by atoms with Gasteiger partial charge >= 0.3 is 0 Å². The van der Waals surface area contributed by atoms with Crippen molar-refractivity contribution in [2.45, 2.75) is 18.0 Å². The van der Waals surface area contributed by atoms with E-state index in [2.05, 4.69) is 10.0 Å². The van der Waals surface area contributed by atoms with Crippen LogP contribution in [-0.2, 0) is 11.3 Å². The van der Waals surface area contributed by atoms with Crippen molar-refractivity contribution < 1.29 is 4.79 Å². The zero-order valence-corrected chi connectivity index (χ0v) is 10.2. The molecule has 0 saturated carbocycles. The highest BCUT2D eigenvalue weighted by Gasteiger charge is 2.46. The van der Waals surface area contributed by atoms with Gasteiger partial charge in [-0.3, -0.25) is 4.79 Å². The fourth-order valence-electron chi connectivity index (χ4n) is 1.87. The topological polar surface area (TPSA) is 69.1 Å². The molecule has 0 bridgehead atoms. The van der Waals surface area contributed by atoms with E-state index in [1.54, 1.807) is 4.90 Å². The van der Waals surface area contributed by atoms with Crippen molar-refractivity contribution in [1.82, 2.24) is 4.90 Å². The summed E-state index contributed by atoms with van der Waals surface area (Å²) in [4.78, 5) is 16.2. The van der Waals surface area contributed by atoms with Crippen LogP contribution in [0.4, 0.5) is 0 Å². The van der Waals surface area contributed by atoms with Crippen molar-refractivity contribution in [2.75, 3.05) is 6.26 Å². The van der Waals surface area contributed by atoms with Gasteiger partial charge in [-0.05, 0) is 17.4 Å². The molecule has 2 atom stereocenters. The minimum Gasteiger partial charge on any atom is -0.325 e. The molecule has 0 N–H and O–H groups in total. The maximum atomic E-state index is 11.8. The molecule has 17 heavy (non-hydrogen) atoms. The van der Waals surface area contributed by atoms with Crippen LogP contribution in [0.2, 0.25) is 0 Å². The quantitative estimate of drug-likeness (QED) is 0.355. The van der Waals surface area contributed by atoms with Crippen LogP contribution >= 0.6 is 11.8 Å². The molecule has 1 heterocycles. The van der Waals surface area contributed by atoms with Gasteiger partial charge in [0.1, 0.15) is 6.04 Å². The van der Waals surface area contributed by atoms with Crippen molar-refractivity contribution in [3.63, 3.8) is 0 Å². The standard InChI is InChI=1S/C11H12N4OS/c1-17-11-9(13-14-12)10(16)15(11)7-8-5-3-2-4-6-8/h2-6,9,11H,7H2,1H3/t9-,11+/m0/s1. The monoisotopic (exact) mass is 248 g/mol. The smallest absolute Gasteiger partial charge is 0.235 e. The Hall–Kier alpha value is -1.65. The third-order valence-corrected chi connectivity index (χ3v) is 3.72. The van der Waals surface area contributed by atoms with Crippen molar-refractivity contribution in [3.05, 3.63) is 46.3 Å². The number of nitrogens with zero attached hydrogens (tertiary/aromatic N) is 4. The number of likely N-dealkylation sites (tertiary alicyclic amines) is 1. The SMILES string of the molecule is CS[C@@H]1[C@@H](N=[N+]=[N-])C(=O)N1Cc1ccccc1. The summed E-state index contributed by atoms with van der Waals surface area (Å²) < 4.78 is 0. The number of hydrogen-bond donors (Lipinski definition) is 0. The van der Waals surface area contributed by atoms with E-state index in [1.807, 2.05) is 36.6 Å². The Morgan fingerprint density at radius 3 is 2.76 bits per heavy atom. The van der Waals surface area contributed by atoms with Crippen molar-refractivity contribution in [3.8, 4) is 0 Å². The van der Waals surface area contributed by atoms with E-state index < -0.39 is 6.04 Å². The Kier molecular flexibility index (Phi) is 3.56. The average molecular weight is 248 g/mol. The van der Waals surface area contributed by atoms with Gasteiger partial charge in [-0.25, -0.2) is 0 Å². The second-order valence-corrected chi connectivity index (χ2v) is 4.68. The molecule has 1 fully saturated rings. The molecule has 0 spiro atoms. The van der Waals surface area contributed by atoms with Crippen LogP contribution in [-0.4, -0.2) is 28.5 Å². The van der Waals surface area contributed by atoms with Gasteiger partial charge in [0.15, 0.2) is 0 Å². The summed E-state index contributed by atoms with van der Waals surface area (Å²) >= 11 is 1.53. The van der Waals surface area contributed by atoms with E-state index in [1.165, 1.54) is 11.8 Å². The van der Waals surface area contributed by atoms with Crippen LogP contribution < -0.4 is 0 Å². The number of rotatable bonds is 4. The number of carbonyl (C=O) groups excluding carboxylic acids is 1. The third-order valence-electron chi connectivity index (χ3n) is 2.73. The summed E-state index contributed by atoms with van der Waals surface area (Å²) in [5, 5.41) is 3.48. The highest BCUT2D eigenvalue weighted by Crippen LogP contribution is 2.32. The largest absolute Gasteiger partial charge is 0.325 e. The number of thioether (sulfide) groups is 1. The number of carbonyl (C=O) groups is 1. The molecule has 6 heteroatoms. The van der Waals surface area contributed by atoms with E-state index in [4.69, 9.17) is 5.53 Å². The lowest BCUT2D eigenvalue weighted by molar-refractivity contribution is -0.145. The lowest BCUT2D eigenvalue weighted by Gasteiger charge is -2.44. The second-order valence-electron chi connectivity index (χ2n) is 3.73. The van der Waals surface area contributed by atoms with Crippen LogP contribution in [0.5, 0.6) is 0 Å². The minimum atomic E-state index is -0.543. The predicted octanol–water partition coefficient (Wildman–Crippen LogP) is 2.40. The van der Waals surface area contributed by atoms with E-state index >= 15 is 0 Å². The maximum Gasteiger partial charge on any atom is 0.235 e. The van der Waals surface area contributed by atoms with Gasteiger partial charge in [0.25, 0.3) is 0 Å². The Labute approximate surface area is 103 Å². The van der Waals surface area contributed by atoms with Gasteiger partial charge in [0.05, 0.1) is 5.37 Å². The summed E-state index contributed by atoms with van der Waals surface area (Å²) in [5.74, 6) is -0.0917. The highest BCUT2D eigenvalue weighted by atomic mass is 32.2. The van der Waals surface area contributed by atoms with Gasteiger partial charge in [-0.15, -0.1) is 11.8 Å². The summed E-state index contributed by atoms with van der Waals surface area (Å²) in [6.07, 6.45) is 1.91. The molecule has 1 aliphatic heterocycles. The molecule has 0 aliphatic carbocycles. The van der Waals surface area contributed by atoms with Crippen LogP contribution in [0, 0.1) is 0 Å². The zero-order chi connectivity index (χ0) is 12.3. The first kappa shape index (κ1) is 11.8. The van der Waals surface area contributed by atoms with Crippen molar-refractivity contribution in [2.24, 2.45) is 5.11 Å². The molecule has 0 unspecified atom stereocenters. The first-order valence-electron chi connectivity index (χ1n) is 5.19. The maximum absolute atomic E-state index is 11.8. The first-order chi connectivity index (χ1) is 8.27. The van der Waals surface area contributed by atoms with Crippen LogP contribution in [0.25, 0.3) is 10.4 Å². The molecule has 1 aliphatic rings. The molecular formula is C11H12N4OS. The lowest BCUT2D eigenvalue weighted by atomic mass is 10.1. The molecule has 0 radical (unpaired) electrons. The second kappa shape index (κ2) is 5.12. The van der Waals surface area contributed by atoms with Crippen LogP contribution in [0.3, 0.4) is 0 Å². The Balaban J connectivity index is 2.08. The molecular weight excluding hydrogens is 236 g/mol. The minimum absolute atomic E-state index is 0.0430. The number of benzene rings is 1. The summed E-state index contributed by atoms with van der Waals surface area (Å²) in [5.41, 5.74) is 9.47. The highest BCUT2D eigenvalue weighted by molar-refractivity contribution is 7.99. The first-order valence-corrected chi connectivity index (χ1v) is 6.48. The Morgan fingerprint density at radius 2 is 2.18 bits per heavy atom. The van der Waals surface area contributed by atoms with E-state index in [-0.39, 0.29) is 11.3 Å². The van der Waals surface area contributed by atoms with Crippen molar-refractivity contribution in [1.29, 1.82) is 0 Å². The third kappa shape index (κ3) is 2.23.